The lowest BCUT2D eigenvalue weighted by molar-refractivity contribution is -0.137. The molecule has 31 heavy (non-hydrogen) atoms. The molecule has 6 nitrogen and oxygen atoms in total. The molecule has 0 bridgehead atoms. The Hall–Kier alpha value is -2.35. The molecule has 3 aromatic heterocycles. The van der Waals surface area contributed by atoms with Crippen molar-refractivity contribution >= 4 is 49.3 Å². The molecule has 0 spiro atoms. The molecule has 0 saturated carbocycles. The number of imidazole rings is 1. The van der Waals surface area contributed by atoms with Crippen LogP contribution in [0.15, 0.2) is 39.7 Å². The number of nitrogen functional groups attached to an aromatic ring is 1. The van der Waals surface area contributed by atoms with E-state index in [1.54, 1.807) is 6.92 Å². The number of anilines is 1. The molecule has 0 unspecified atom stereocenters. The smallest absolute Gasteiger partial charge is 0.420 e. The summed E-state index contributed by atoms with van der Waals surface area (Å²) >= 11 is 5.86. The Bertz CT molecular complexity index is 1100. The second kappa shape index (κ2) is 9.42. The van der Waals surface area contributed by atoms with Crippen LogP contribution in [0.2, 0.25) is 0 Å². The molecular weight excluding hydrogens is 566 g/mol. The minimum Gasteiger partial charge on any atom is -0.461 e. The second-order valence-electron chi connectivity index (χ2n) is 5.73. The van der Waals surface area contributed by atoms with Gasteiger partial charge >= 0.3 is 18.3 Å². The zero-order valence-electron chi connectivity index (χ0n) is 15.4. The lowest BCUT2D eigenvalue weighted by Crippen LogP contribution is -2.10. The minimum atomic E-state index is -4.55. The number of hydrogen-bond donors (Lipinski definition) is 1. The molecule has 0 aliphatic heterocycles. The molecule has 14 heteroatoms. The lowest BCUT2D eigenvalue weighted by atomic mass is 10.2. The summed E-state index contributed by atoms with van der Waals surface area (Å²) in [6, 6.07) is 1.81. The Morgan fingerprint density at radius 3 is 2.16 bits per heavy atom. The van der Waals surface area contributed by atoms with Gasteiger partial charge in [-0.25, -0.2) is 14.8 Å². The molecule has 0 fully saturated rings. The van der Waals surface area contributed by atoms with E-state index in [0.717, 1.165) is 16.5 Å². The molecule has 3 heterocycles. The largest absolute Gasteiger partial charge is 0.461 e. The fourth-order valence-corrected chi connectivity index (χ4v) is 3.03. The number of nitrogens with two attached hydrogens (primary N) is 1. The first-order chi connectivity index (χ1) is 14.2. The van der Waals surface area contributed by atoms with Crippen LogP contribution in [0.4, 0.5) is 32.2 Å². The van der Waals surface area contributed by atoms with E-state index in [4.69, 9.17) is 10.5 Å². The van der Waals surface area contributed by atoms with Gasteiger partial charge in [-0.2, -0.15) is 26.3 Å². The summed E-state index contributed by atoms with van der Waals surface area (Å²) in [5.74, 6) is -1.26. The highest BCUT2D eigenvalue weighted by Crippen LogP contribution is 2.34. The van der Waals surface area contributed by atoms with Gasteiger partial charge in [-0.3, -0.25) is 0 Å². The maximum atomic E-state index is 12.9. The van der Waals surface area contributed by atoms with Crippen LogP contribution in [-0.2, 0) is 17.1 Å². The molecule has 0 saturated heterocycles. The van der Waals surface area contributed by atoms with Crippen LogP contribution in [0, 0.1) is 0 Å². The van der Waals surface area contributed by atoms with Crippen molar-refractivity contribution in [1.29, 1.82) is 0 Å². The summed E-state index contributed by atoms with van der Waals surface area (Å²) in [7, 11) is 0. The topological polar surface area (TPSA) is 82.5 Å². The Labute approximate surface area is 187 Å². The minimum absolute atomic E-state index is 0.128. The number of ether oxygens (including phenoxy) is 1. The normalized spacial score (nSPS) is 11.8. The number of esters is 1. The number of rotatable bonds is 2. The fourth-order valence-electron chi connectivity index (χ4n) is 2.25. The van der Waals surface area contributed by atoms with E-state index >= 15 is 0 Å². The summed E-state index contributed by atoms with van der Waals surface area (Å²) in [6.45, 7) is 1.73. The van der Waals surface area contributed by atoms with Gasteiger partial charge < -0.3 is 14.9 Å². The predicted molar refractivity (Wildman–Crippen MR) is 105 cm³/mol. The number of hydrogen-bond acceptors (Lipinski definition) is 5. The molecule has 168 valence electrons. The number of carbonyl (C=O) groups is 1. The lowest BCUT2D eigenvalue weighted by Gasteiger charge is -2.08. The number of pyridine rings is 2. The molecule has 0 atom stereocenters. The van der Waals surface area contributed by atoms with Crippen LogP contribution >= 0.6 is 31.9 Å². The zero-order chi connectivity index (χ0) is 23.6. The van der Waals surface area contributed by atoms with Crippen LogP contribution in [0.5, 0.6) is 0 Å². The van der Waals surface area contributed by atoms with Crippen LogP contribution in [-0.4, -0.2) is 26.9 Å². The first-order valence-electron chi connectivity index (χ1n) is 8.14. The van der Waals surface area contributed by atoms with Crippen molar-refractivity contribution in [3.05, 3.63) is 56.5 Å². The van der Waals surface area contributed by atoms with Gasteiger partial charge in [0.1, 0.15) is 11.5 Å². The summed E-state index contributed by atoms with van der Waals surface area (Å²) in [5.41, 5.74) is 2.69. The van der Waals surface area contributed by atoms with Crippen LogP contribution < -0.4 is 5.73 Å². The average Bonchev–Trinajstić information content (AvgIpc) is 3.06. The zero-order valence-corrected chi connectivity index (χ0v) is 18.5. The Balaban J connectivity index is 0.000000245. The molecule has 0 aromatic carbocycles. The van der Waals surface area contributed by atoms with E-state index in [0.29, 0.717) is 0 Å². The molecule has 3 rings (SSSR count). The maximum Gasteiger partial charge on any atom is 0.420 e. The third-order valence-electron chi connectivity index (χ3n) is 3.50. The summed E-state index contributed by atoms with van der Waals surface area (Å²) < 4.78 is 81.2. The molecule has 2 N–H and O–H groups in total. The fraction of sp³-hybridized carbons (Fsp3) is 0.235. The van der Waals surface area contributed by atoms with Gasteiger partial charge in [0.2, 0.25) is 0 Å². The summed E-state index contributed by atoms with van der Waals surface area (Å²) in [4.78, 5) is 18.5. The van der Waals surface area contributed by atoms with Crippen LogP contribution in [0.3, 0.4) is 0 Å². The first-order valence-corrected chi connectivity index (χ1v) is 9.73. The van der Waals surface area contributed by atoms with Gasteiger partial charge in [0, 0.05) is 27.5 Å². The van der Waals surface area contributed by atoms with Crippen molar-refractivity contribution < 1.29 is 35.9 Å². The van der Waals surface area contributed by atoms with Gasteiger partial charge in [0.15, 0.2) is 5.69 Å². The third kappa shape index (κ3) is 6.32. The van der Waals surface area contributed by atoms with Gasteiger partial charge in [0.25, 0.3) is 0 Å². The molecule has 0 aliphatic carbocycles. The Kier molecular flexibility index (Phi) is 7.57. The molecule has 0 amide bonds. The number of carbonyl (C=O) groups excluding carboxylic acids is 1. The molecule has 3 aromatic rings. The maximum absolute atomic E-state index is 12.9. The van der Waals surface area contributed by atoms with E-state index < -0.39 is 35.3 Å². The number of halogens is 8. The standard InChI is InChI=1S/C11H8BrF3N2O2.C6H4BrF3N2/c1-2-19-10(18)8-5-17-4-6(12)3-7(9(17)16-8)11(13,14)15;7-3-1-4(6(8,9)10)5(11)12-2-3/h3-5H,2H2,1H3;1-2H,(H2,11,12). The van der Waals surface area contributed by atoms with Crippen LogP contribution in [0.1, 0.15) is 28.5 Å². The summed E-state index contributed by atoms with van der Waals surface area (Å²) in [6.07, 6.45) is -5.19. The van der Waals surface area contributed by atoms with Gasteiger partial charge in [-0.1, -0.05) is 0 Å². The first kappa shape index (κ1) is 24.9. The molecule has 0 radical (unpaired) electrons. The molecular formula is C17H12Br2F6N4O2. The van der Waals surface area contributed by atoms with Gasteiger partial charge in [0.05, 0.1) is 17.7 Å². The second-order valence-corrected chi connectivity index (χ2v) is 7.56. The van der Waals surface area contributed by atoms with Crippen molar-refractivity contribution in [3.8, 4) is 0 Å². The average molecular weight is 578 g/mol. The SMILES string of the molecule is CCOC(=O)c1cn2cc(Br)cc(C(F)(F)F)c2n1.Nc1ncc(Br)cc1C(F)(F)F. The summed E-state index contributed by atoms with van der Waals surface area (Å²) in [5, 5.41) is 0. The van der Waals surface area contributed by atoms with E-state index in [1.807, 2.05) is 0 Å². The van der Waals surface area contributed by atoms with Crippen molar-refractivity contribution in [3.63, 3.8) is 0 Å². The predicted octanol–water partition coefficient (Wildman–Crippen LogP) is 5.74. The number of alkyl halides is 6. The Morgan fingerprint density at radius 1 is 1.06 bits per heavy atom. The van der Waals surface area contributed by atoms with E-state index in [-0.39, 0.29) is 26.9 Å². The number of fused-ring (bicyclic) bond motifs is 1. The van der Waals surface area contributed by atoms with Crippen molar-refractivity contribution in [2.75, 3.05) is 12.3 Å². The molecule has 0 aliphatic rings. The number of aromatic nitrogens is 3. The van der Waals surface area contributed by atoms with Crippen molar-refractivity contribution in [1.82, 2.24) is 14.4 Å². The highest BCUT2D eigenvalue weighted by atomic mass is 79.9. The highest BCUT2D eigenvalue weighted by molar-refractivity contribution is 9.10. The third-order valence-corrected chi connectivity index (χ3v) is 4.37. The number of nitrogens with zero attached hydrogens (tertiary/aromatic N) is 3. The quantitative estimate of drug-likeness (QED) is 0.310. The highest BCUT2D eigenvalue weighted by Gasteiger charge is 2.35. The van der Waals surface area contributed by atoms with E-state index in [1.165, 1.54) is 18.6 Å². The monoisotopic (exact) mass is 576 g/mol. The van der Waals surface area contributed by atoms with Crippen molar-refractivity contribution in [2.45, 2.75) is 19.3 Å². The van der Waals surface area contributed by atoms with E-state index in [9.17, 15) is 31.1 Å². The van der Waals surface area contributed by atoms with Crippen LogP contribution in [0.25, 0.3) is 5.65 Å². The van der Waals surface area contributed by atoms with E-state index in [2.05, 4.69) is 41.8 Å². The Morgan fingerprint density at radius 2 is 1.65 bits per heavy atom. The van der Waals surface area contributed by atoms with Gasteiger partial charge in [-0.05, 0) is 50.9 Å². The van der Waals surface area contributed by atoms with Gasteiger partial charge in [-0.15, -0.1) is 0 Å². The van der Waals surface area contributed by atoms with Crippen molar-refractivity contribution in [2.24, 2.45) is 0 Å².